The lowest BCUT2D eigenvalue weighted by atomic mass is 10.1. The first-order valence-electron chi connectivity index (χ1n) is 5.80. The lowest BCUT2D eigenvalue weighted by Crippen LogP contribution is -2.30. The molecule has 2 N–H and O–H groups in total. The maximum atomic E-state index is 11.9. The van der Waals surface area contributed by atoms with Crippen LogP contribution >= 0.6 is 0 Å². The van der Waals surface area contributed by atoms with Crippen molar-refractivity contribution in [2.75, 3.05) is 27.2 Å². The molecule has 0 bridgehead atoms. The van der Waals surface area contributed by atoms with E-state index in [0.717, 1.165) is 19.5 Å². The van der Waals surface area contributed by atoms with Crippen molar-refractivity contribution in [3.05, 3.63) is 29.8 Å². The smallest absolute Gasteiger partial charge is 0.226 e. The van der Waals surface area contributed by atoms with Crippen molar-refractivity contribution in [1.82, 2.24) is 10.2 Å². The largest absolute Gasteiger partial charge is 0.508 e. The van der Waals surface area contributed by atoms with Crippen molar-refractivity contribution in [2.45, 2.75) is 12.8 Å². The predicted molar refractivity (Wildman–Crippen MR) is 68.0 cm³/mol. The average Bonchev–Trinajstić information content (AvgIpc) is 2.32. The summed E-state index contributed by atoms with van der Waals surface area (Å²) in [6, 6.07) is 6.95. The number of benzene rings is 1. The number of nitrogens with zero attached hydrogens (tertiary/aromatic N) is 1. The Labute approximate surface area is 102 Å². The molecule has 0 radical (unpaired) electrons. The molecule has 0 aliphatic rings. The van der Waals surface area contributed by atoms with Crippen LogP contribution in [0.3, 0.4) is 0 Å². The molecule has 4 heteroatoms. The lowest BCUT2D eigenvalue weighted by molar-refractivity contribution is -0.129. The summed E-state index contributed by atoms with van der Waals surface area (Å²) in [6.45, 7) is 1.63. The second-order valence-electron chi connectivity index (χ2n) is 4.08. The van der Waals surface area contributed by atoms with E-state index in [9.17, 15) is 9.90 Å². The zero-order valence-electron chi connectivity index (χ0n) is 10.4. The number of hydrogen-bond acceptors (Lipinski definition) is 3. The van der Waals surface area contributed by atoms with Crippen molar-refractivity contribution in [2.24, 2.45) is 0 Å². The molecule has 4 nitrogen and oxygen atoms in total. The van der Waals surface area contributed by atoms with Gasteiger partial charge in [-0.25, -0.2) is 0 Å². The Balaban J connectivity index is 2.46. The molecule has 0 aromatic heterocycles. The van der Waals surface area contributed by atoms with Gasteiger partial charge in [0.2, 0.25) is 5.91 Å². The van der Waals surface area contributed by atoms with Gasteiger partial charge in [-0.1, -0.05) is 18.2 Å². The topological polar surface area (TPSA) is 52.6 Å². The quantitative estimate of drug-likeness (QED) is 0.725. The number of carbonyl (C=O) groups excluding carboxylic acids is 1. The van der Waals surface area contributed by atoms with E-state index in [-0.39, 0.29) is 18.1 Å². The van der Waals surface area contributed by atoms with Crippen LogP contribution in [0.2, 0.25) is 0 Å². The molecule has 0 saturated heterocycles. The first-order valence-corrected chi connectivity index (χ1v) is 5.80. The van der Waals surface area contributed by atoms with Crippen LogP contribution in [0.5, 0.6) is 5.75 Å². The van der Waals surface area contributed by atoms with E-state index in [1.54, 1.807) is 30.1 Å². The molecular formula is C13H20N2O2. The summed E-state index contributed by atoms with van der Waals surface area (Å²) in [5.74, 6) is 0.215. The minimum Gasteiger partial charge on any atom is -0.508 e. The van der Waals surface area contributed by atoms with E-state index >= 15 is 0 Å². The van der Waals surface area contributed by atoms with Crippen molar-refractivity contribution in [3.8, 4) is 5.75 Å². The van der Waals surface area contributed by atoms with Gasteiger partial charge in [0.1, 0.15) is 5.75 Å². The number of phenols is 1. The van der Waals surface area contributed by atoms with E-state index < -0.39 is 0 Å². The van der Waals surface area contributed by atoms with E-state index in [1.807, 2.05) is 13.1 Å². The van der Waals surface area contributed by atoms with Gasteiger partial charge in [0.05, 0.1) is 6.42 Å². The van der Waals surface area contributed by atoms with Crippen LogP contribution in [0.15, 0.2) is 24.3 Å². The molecule has 1 amide bonds. The molecule has 0 atom stereocenters. The summed E-state index contributed by atoms with van der Waals surface area (Å²) in [6.07, 6.45) is 1.18. The van der Waals surface area contributed by atoms with Gasteiger partial charge in [0, 0.05) is 19.2 Å². The third kappa shape index (κ3) is 4.44. The maximum Gasteiger partial charge on any atom is 0.226 e. The molecule has 17 heavy (non-hydrogen) atoms. The molecule has 0 spiro atoms. The molecule has 1 rings (SSSR count). The van der Waals surface area contributed by atoms with E-state index in [0.29, 0.717) is 5.56 Å². The summed E-state index contributed by atoms with van der Waals surface area (Å²) in [7, 11) is 3.68. The third-order valence-corrected chi connectivity index (χ3v) is 2.68. The Hall–Kier alpha value is -1.55. The Morgan fingerprint density at radius 1 is 1.41 bits per heavy atom. The van der Waals surface area contributed by atoms with Gasteiger partial charge in [0.15, 0.2) is 0 Å². The van der Waals surface area contributed by atoms with Crippen molar-refractivity contribution in [1.29, 1.82) is 0 Å². The first kappa shape index (κ1) is 13.5. The van der Waals surface area contributed by atoms with Gasteiger partial charge < -0.3 is 15.3 Å². The third-order valence-electron chi connectivity index (χ3n) is 2.68. The number of aromatic hydroxyl groups is 1. The standard InChI is InChI=1S/C13H20N2O2/c1-14-8-5-9-15(2)13(17)10-11-6-3-4-7-12(11)16/h3-4,6-7,14,16H,5,8-10H2,1-2H3. The Kier molecular flexibility index (Phi) is 5.49. The summed E-state index contributed by atoms with van der Waals surface area (Å²) in [4.78, 5) is 13.6. The zero-order valence-corrected chi connectivity index (χ0v) is 10.4. The van der Waals surface area contributed by atoms with E-state index in [4.69, 9.17) is 0 Å². The molecule has 0 saturated carbocycles. The number of carbonyl (C=O) groups is 1. The molecule has 1 aromatic rings. The number of amides is 1. The number of nitrogens with one attached hydrogen (secondary N) is 1. The second-order valence-corrected chi connectivity index (χ2v) is 4.08. The molecule has 1 aromatic carbocycles. The summed E-state index contributed by atoms with van der Waals surface area (Å²) in [5, 5.41) is 12.6. The van der Waals surface area contributed by atoms with Crippen molar-refractivity contribution in [3.63, 3.8) is 0 Å². The van der Waals surface area contributed by atoms with E-state index in [2.05, 4.69) is 5.32 Å². The van der Waals surface area contributed by atoms with Crippen LogP contribution in [0.4, 0.5) is 0 Å². The summed E-state index contributed by atoms with van der Waals surface area (Å²) >= 11 is 0. The number of para-hydroxylation sites is 1. The number of rotatable bonds is 6. The van der Waals surface area contributed by atoms with Crippen molar-refractivity contribution >= 4 is 5.91 Å². The minimum atomic E-state index is 0.0302. The van der Waals surface area contributed by atoms with Gasteiger partial charge in [-0.2, -0.15) is 0 Å². The van der Waals surface area contributed by atoms with Crippen LogP contribution < -0.4 is 5.32 Å². The van der Waals surface area contributed by atoms with Crippen LogP contribution in [0.1, 0.15) is 12.0 Å². The fourth-order valence-corrected chi connectivity index (χ4v) is 1.58. The average molecular weight is 236 g/mol. The molecule has 94 valence electrons. The van der Waals surface area contributed by atoms with Gasteiger partial charge in [-0.3, -0.25) is 4.79 Å². The van der Waals surface area contributed by atoms with Gasteiger partial charge in [-0.15, -0.1) is 0 Å². The molecule has 0 aliphatic heterocycles. The highest BCUT2D eigenvalue weighted by molar-refractivity contribution is 5.79. The Morgan fingerprint density at radius 3 is 2.76 bits per heavy atom. The van der Waals surface area contributed by atoms with E-state index in [1.165, 1.54) is 0 Å². The van der Waals surface area contributed by atoms with Crippen LogP contribution in [-0.2, 0) is 11.2 Å². The van der Waals surface area contributed by atoms with Gasteiger partial charge in [-0.05, 0) is 26.1 Å². The lowest BCUT2D eigenvalue weighted by Gasteiger charge is -2.17. The van der Waals surface area contributed by atoms with Crippen LogP contribution in [-0.4, -0.2) is 43.1 Å². The van der Waals surface area contributed by atoms with Crippen LogP contribution in [0, 0.1) is 0 Å². The molecule has 0 fully saturated rings. The highest BCUT2D eigenvalue weighted by Crippen LogP contribution is 2.16. The zero-order chi connectivity index (χ0) is 12.7. The summed E-state index contributed by atoms with van der Waals surface area (Å²) in [5.41, 5.74) is 0.679. The fraction of sp³-hybridized carbons (Fsp3) is 0.462. The Bertz CT molecular complexity index is 366. The van der Waals surface area contributed by atoms with Crippen LogP contribution in [0.25, 0.3) is 0 Å². The highest BCUT2D eigenvalue weighted by atomic mass is 16.3. The van der Waals surface area contributed by atoms with Gasteiger partial charge in [0.25, 0.3) is 0 Å². The number of phenolic OH excluding ortho intramolecular Hbond substituents is 1. The minimum absolute atomic E-state index is 0.0302. The molecular weight excluding hydrogens is 216 g/mol. The normalized spacial score (nSPS) is 10.2. The highest BCUT2D eigenvalue weighted by Gasteiger charge is 2.11. The number of hydrogen-bond donors (Lipinski definition) is 2. The second kappa shape index (κ2) is 6.91. The van der Waals surface area contributed by atoms with Crippen molar-refractivity contribution < 1.29 is 9.90 Å². The first-order chi connectivity index (χ1) is 8.15. The fourth-order valence-electron chi connectivity index (χ4n) is 1.58. The maximum absolute atomic E-state index is 11.9. The predicted octanol–water partition coefficient (Wildman–Crippen LogP) is 1.00. The molecule has 0 heterocycles. The Morgan fingerprint density at radius 2 is 2.12 bits per heavy atom. The summed E-state index contributed by atoms with van der Waals surface area (Å²) < 4.78 is 0. The number of likely N-dealkylation sites (N-methyl/N-ethyl adjacent to an activating group) is 1. The SMILES string of the molecule is CNCCCN(C)C(=O)Cc1ccccc1O. The van der Waals surface area contributed by atoms with Gasteiger partial charge >= 0.3 is 0 Å². The monoisotopic (exact) mass is 236 g/mol. The molecule has 0 aliphatic carbocycles. The molecule has 0 unspecified atom stereocenters.